The Morgan fingerprint density at radius 1 is 1.30 bits per heavy atom. The number of rotatable bonds is 4. The zero-order chi connectivity index (χ0) is 13.7. The maximum absolute atomic E-state index is 4.77. The topological polar surface area (TPSA) is 55.1 Å². The maximum Gasteiger partial charge on any atom is 0.156 e. The Hall–Kier alpha value is -1.04. The third kappa shape index (κ3) is 3.53. The second-order valence-corrected chi connectivity index (χ2v) is 6.88. The van der Waals surface area contributed by atoms with Crippen molar-refractivity contribution in [2.75, 3.05) is 18.8 Å². The number of hydrogen-bond acceptors (Lipinski definition) is 5. The molecule has 110 valence electrons. The summed E-state index contributed by atoms with van der Waals surface area (Å²) in [4.78, 5) is 4.77. The molecule has 0 radical (unpaired) electrons. The Bertz CT molecular complexity index is 436. The first kappa shape index (κ1) is 13.9. The van der Waals surface area contributed by atoms with Gasteiger partial charge in [-0.25, -0.2) is 0 Å². The lowest BCUT2D eigenvalue weighted by Crippen LogP contribution is -2.37. The van der Waals surface area contributed by atoms with E-state index in [1.165, 1.54) is 37.9 Å². The Morgan fingerprint density at radius 2 is 2.20 bits per heavy atom. The van der Waals surface area contributed by atoms with Crippen LogP contribution >= 0.6 is 11.8 Å². The van der Waals surface area contributed by atoms with Gasteiger partial charge in [-0.2, -0.15) is 0 Å². The van der Waals surface area contributed by atoms with E-state index in [0.29, 0.717) is 5.41 Å². The minimum Gasteiger partial charge on any atom is -0.365 e. The van der Waals surface area contributed by atoms with E-state index < -0.39 is 0 Å². The highest BCUT2D eigenvalue weighted by atomic mass is 32.2. The molecule has 0 amide bonds. The normalized spacial score (nSPS) is 21.7. The molecule has 1 aromatic rings. The van der Waals surface area contributed by atoms with Crippen LogP contribution in [-0.4, -0.2) is 39.0 Å². The first-order valence-electron chi connectivity index (χ1n) is 7.62. The highest BCUT2D eigenvalue weighted by Gasteiger charge is 2.34. The van der Waals surface area contributed by atoms with E-state index >= 15 is 0 Å². The predicted molar refractivity (Wildman–Crippen MR) is 82.9 cm³/mol. The van der Waals surface area contributed by atoms with Crippen LogP contribution in [-0.2, 0) is 6.54 Å². The Balaban J connectivity index is 1.38. The van der Waals surface area contributed by atoms with Gasteiger partial charge in [-0.05, 0) is 24.7 Å². The average Bonchev–Trinajstić information content (AvgIpc) is 3.00. The van der Waals surface area contributed by atoms with Crippen molar-refractivity contribution in [2.24, 2.45) is 10.4 Å². The smallest absolute Gasteiger partial charge is 0.156 e. The zero-order valence-corrected chi connectivity index (χ0v) is 12.7. The molecular formula is C14H23N5S. The molecule has 2 aliphatic rings. The molecular weight excluding hydrogens is 270 g/mol. The SMILES string of the molecule is c1cn(CCCNC2=NCC3(CCCCC3)CS2)nn1. The molecule has 1 N–H and O–H groups in total. The molecule has 1 aliphatic heterocycles. The molecule has 0 saturated heterocycles. The summed E-state index contributed by atoms with van der Waals surface area (Å²) in [5.74, 6) is 1.25. The molecule has 2 heterocycles. The Morgan fingerprint density at radius 3 is 2.90 bits per heavy atom. The summed E-state index contributed by atoms with van der Waals surface area (Å²) in [5, 5.41) is 12.4. The van der Waals surface area contributed by atoms with Gasteiger partial charge in [-0.15, -0.1) is 5.10 Å². The van der Waals surface area contributed by atoms with Gasteiger partial charge in [0.2, 0.25) is 0 Å². The van der Waals surface area contributed by atoms with Crippen molar-refractivity contribution in [3.05, 3.63) is 12.4 Å². The lowest BCUT2D eigenvalue weighted by atomic mass is 9.75. The van der Waals surface area contributed by atoms with Crippen LogP contribution in [0.5, 0.6) is 0 Å². The van der Waals surface area contributed by atoms with E-state index in [4.69, 9.17) is 4.99 Å². The van der Waals surface area contributed by atoms with Crippen LogP contribution in [0.3, 0.4) is 0 Å². The fraction of sp³-hybridized carbons (Fsp3) is 0.786. The molecule has 3 rings (SSSR count). The zero-order valence-electron chi connectivity index (χ0n) is 11.9. The van der Waals surface area contributed by atoms with Crippen LogP contribution in [0.2, 0.25) is 0 Å². The van der Waals surface area contributed by atoms with E-state index in [0.717, 1.165) is 31.2 Å². The number of aliphatic imine (C=N–C) groups is 1. The van der Waals surface area contributed by atoms with Gasteiger partial charge >= 0.3 is 0 Å². The molecule has 1 spiro atoms. The third-order valence-corrected chi connectivity index (χ3v) is 5.60. The quantitative estimate of drug-likeness (QED) is 0.866. The van der Waals surface area contributed by atoms with E-state index in [1.54, 1.807) is 6.20 Å². The minimum absolute atomic E-state index is 0.523. The number of nitrogens with one attached hydrogen (secondary N) is 1. The standard InChI is InChI=1S/C14H23N5S/c1-2-5-14(6-3-1)11-16-13(20-12-14)15-7-4-9-19-10-8-17-18-19/h8,10H,1-7,9,11-12H2,(H,15,16). The van der Waals surface area contributed by atoms with Crippen molar-refractivity contribution in [3.8, 4) is 0 Å². The maximum atomic E-state index is 4.77. The summed E-state index contributed by atoms with van der Waals surface area (Å²) in [5.41, 5.74) is 0.523. The number of hydrogen-bond donors (Lipinski definition) is 1. The number of thioether (sulfide) groups is 1. The molecule has 0 unspecified atom stereocenters. The number of aryl methyl sites for hydroxylation is 1. The molecule has 0 bridgehead atoms. The lowest BCUT2D eigenvalue weighted by Gasteiger charge is -2.38. The second kappa shape index (κ2) is 6.61. The molecule has 6 heteroatoms. The Labute approximate surface area is 124 Å². The summed E-state index contributed by atoms with van der Waals surface area (Å²) >= 11 is 1.92. The largest absolute Gasteiger partial charge is 0.365 e. The fourth-order valence-electron chi connectivity index (χ4n) is 3.05. The number of aromatic nitrogens is 3. The van der Waals surface area contributed by atoms with Crippen molar-refractivity contribution in [3.63, 3.8) is 0 Å². The first-order chi connectivity index (χ1) is 9.86. The predicted octanol–water partition coefficient (Wildman–Crippen LogP) is 2.31. The van der Waals surface area contributed by atoms with Gasteiger partial charge < -0.3 is 5.32 Å². The van der Waals surface area contributed by atoms with E-state index in [9.17, 15) is 0 Å². The van der Waals surface area contributed by atoms with Gasteiger partial charge in [0.1, 0.15) is 0 Å². The van der Waals surface area contributed by atoms with Crippen LogP contribution in [0.1, 0.15) is 38.5 Å². The summed E-state index contributed by atoms with van der Waals surface area (Å²) in [6.45, 7) is 2.90. The van der Waals surface area contributed by atoms with E-state index in [-0.39, 0.29) is 0 Å². The lowest BCUT2D eigenvalue weighted by molar-refractivity contribution is 0.232. The van der Waals surface area contributed by atoms with Crippen molar-refractivity contribution in [1.29, 1.82) is 0 Å². The second-order valence-electron chi connectivity index (χ2n) is 5.92. The summed E-state index contributed by atoms with van der Waals surface area (Å²) < 4.78 is 1.87. The monoisotopic (exact) mass is 293 g/mol. The Kier molecular flexibility index (Phi) is 4.60. The van der Waals surface area contributed by atoms with Crippen molar-refractivity contribution in [1.82, 2.24) is 20.3 Å². The van der Waals surface area contributed by atoms with Gasteiger partial charge in [-0.1, -0.05) is 36.2 Å². The van der Waals surface area contributed by atoms with Crippen LogP contribution in [0, 0.1) is 5.41 Å². The minimum atomic E-state index is 0.523. The van der Waals surface area contributed by atoms with Gasteiger partial charge in [-0.3, -0.25) is 9.67 Å². The summed E-state index contributed by atoms with van der Waals surface area (Å²) in [6.07, 6.45) is 11.6. The van der Waals surface area contributed by atoms with Crippen molar-refractivity contribution >= 4 is 16.9 Å². The average molecular weight is 293 g/mol. The summed E-state index contributed by atoms with van der Waals surface area (Å²) in [7, 11) is 0. The highest BCUT2D eigenvalue weighted by molar-refractivity contribution is 8.13. The van der Waals surface area contributed by atoms with Gasteiger partial charge in [0.15, 0.2) is 5.17 Å². The van der Waals surface area contributed by atoms with Crippen LogP contribution < -0.4 is 5.32 Å². The van der Waals surface area contributed by atoms with Gasteiger partial charge in [0.05, 0.1) is 6.20 Å². The van der Waals surface area contributed by atoms with Crippen molar-refractivity contribution in [2.45, 2.75) is 45.1 Å². The molecule has 20 heavy (non-hydrogen) atoms. The van der Waals surface area contributed by atoms with Crippen molar-refractivity contribution < 1.29 is 0 Å². The summed E-state index contributed by atoms with van der Waals surface area (Å²) in [6, 6.07) is 0. The molecule has 0 aromatic carbocycles. The number of nitrogens with zero attached hydrogens (tertiary/aromatic N) is 4. The van der Waals surface area contributed by atoms with E-state index in [2.05, 4.69) is 15.6 Å². The first-order valence-corrected chi connectivity index (χ1v) is 8.60. The molecule has 1 saturated carbocycles. The molecule has 1 aliphatic carbocycles. The van der Waals surface area contributed by atoms with Gasteiger partial charge in [0.25, 0.3) is 0 Å². The van der Waals surface area contributed by atoms with Crippen LogP contribution in [0.25, 0.3) is 0 Å². The van der Waals surface area contributed by atoms with E-state index in [1.807, 2.05) is 22.6 Å². The molecule has 0 atom stereocenters. The number of amidine groups is 1. The highest BCUT2D eigenvalue weighted by Crippen LogP contribution is 2.41. The van der Waals surface area contributed by atoms with Crippen LogP contribution in [0.15, 0.2) is 17.4 Å². The van der Waals surface area contributed by atoms with Gasteiger partial charge in [0, 0.05) is 31.6 Å². The molecule has 5 nitrogen and oxygen atoms in total. The van der Waals surface area contributed by atoms with Crippen LogP contribution in [0.4, 0.5) is 0 Å². The molecule has 1 fully saturated rings. The molecule has 1 aromatic heterocycles. The fourth-order valence-corrected chi connectivity index (χ4v) is 4.23. The third-order valence-electron chi connectivity index (χ3n) is 4.30.